The molecule has 3 saturated heterocycles. The summed E-state index contributed by atoms with van der Waals surface area (Å²) in [6.07, 6.45) is 1.92. The predicted molar refractivity (Wildman–Crippen MR) is 128 cm³/mol. The predicted octanol–water partition coefficient (Wildman–Crippen LogP) is 4.77. The maximum Gasteiger partial charge on any atom is 0.137 e. The summed E-state index contributed by atoms with van der Waals surface area (Å²) in [5, 5.41) is 13.2. The highest BCUT2D eigenvalue weighted by molar-refractivity contribution is 6.33. The molecule has 3 heterocycles. The first kappa shape index (κ1) is 22.5. The fourth-order valence-corrected chi connectivity index (χ4v) is 6.68. The summed E-state index contributed by atoms with van der Waals surface area (Å²) in [7, 11) is 0. The van der Waals surface area contributed by atoms with Crippen LogP contribution in [-0.4, -0.2) is 48.2 Å². The number of benzene rings is 2. The van der Waals surface area contributed by atoms with E-state index in [2.05, 4.69) is 36.9 Å². The SMILES string of the molecule is CCOc1ccc(-c2ccc3c(c2)CC(C)(C)[C@H]3N(C(=O)[O-])[C@@H]2CN3CCC2CC3)c(Cl)c1. The van der Waals surface area contributed by atoms with Gasteiger partial charge in [0, 0.05) is 18.2 Å². The number of rotatable bonds is 5. The van der Waals surface area contributed by atoms with Crippen LogP contribution < -0.4 is 9.84 Å². The summed E-state index contributed by atoms with van der Waals surface area (Å²) in [5.74, 6) is 1.19. The van der Waals surface area contributed by atoms with Crippen molar-refractivity contribution < 1.29 is 14.6 Å². The third-order valence-electron chi connectivity index (χ3n) is 7.85. The molecule has 6 heteroatoms. The van der Waals surface area contributed by atoms with Crippen LogP contribution >= 0.6 is 11.6 Å². The smallest absolute Gasteiger partial charge is 0.137 e. The molecule has 2 atom stereocenters. The first-order valence-corrected chi connectivity index (χ1v) is 12.4. The van der Waals surface area contributed by atoms with E-state index in [1.165, 1.54) is 5.56 Å². The van der Waals surface area contributed by atoms with E-state index < -0.39 is 6.09 Å². The molecule has 0 spiro atoms. The Balaban J connectivity index is 1.50. The molecule has 33 heavy (non-hydrogen) atoms. The van der Waals surface area contributed by atoms with Crippen molar-refractivity contribution in [3.8, 4) is 16.9 Å². The van der Waals surface area contributed by atoms with E-state index in [1.807, 2.05) is 25.1 Å². The first-order valence-electron chi connectivity index (χ1n) is 12.1. The minimum Gasteiger partial charge on any atom is -0.530 e. The number of hydrogen-bond donors (Lipinski definition) is 0. The molecular weight excluding hydrogens is 436 g/mol. The van der Waals surface area contributed by atoms with Gasteiger partial charge in [-0.3, -0.25) is 0 Å². The third kappa shape index (κ3) is 4.00. The molecule has 2 bridgehead atoms. The number of carbonyl (C=O) groups excluding carboxylic acids is 1. The van der Waals surface area contributed by atoms with Gasteiger partial charge in [-0.2, -0.15) is 0 Å². The maximum absolute atomic E-state index is 12.5. The standard InChI is InChI=1S/C27H33ClN2O3/c1-4-33-20-6-8-21(23(28)14-20)18-5-7-22-19(13-18)15-27(2,3)25(22)30(26(31)32)24-16-29-11-9-17(24)10-12-29/h5-8,13-14,17,24-25H,4,9-12,15-16H2,1-3H3,(H,31,32)/p-1/t24-,25+/m1/s1. The van der Waals surface area contributed by atoms with Gasteiger partial charge in [0.15, 0.2) is 0 Å². The lowest BCUT2D eigenvalue weighted by atomic mass is 9.79. The Kier molecular flexibility index (Phi) is 5.82. The van der Waals surface area contributed by atoms with Crippen LogP contribution in [0.15, 0.2) is 36.4 Å². The van der Waals surface area contributed by atoms with Crippen molar-refractivity contribution in [2.24, 2.45) is 11.3 Å². The number of piperidine rings is 3. The zero-order valence-corrected chi connectivity index (χ0v) is 20.4. The molecule has 0 unspecified atom stereocenters. The van der Waals surface area contributed by atoms with E-state index in [1.54, 1.807) is 4.90 Å². The molecule has 176 valence electrons. The molecule has 6 rings (SSSR count). The molecule has 0 saturated carbocycles. The second-order valence-electron chi connectivity index (χ2n) is 10.4. The Bertz CT molecular complexity index is 1060. The van der Waals surface area contributed by atoms with Gasteiger partial charge in [0.1, 0.15) is 11.8 Å². The summed E-state index contributed by atoms with van der Waals surface area (Å²) in [4.78, 5) is 16.6. The Morgan fingerprint density at radius 2 is 1.97 bits per heavy atom. The van der Waals surface area contributed by atoms with E-state index >= 15 is 0 Å². The van der Waals surface area contributed by atoms with Crippen LogP contribution in [0.25, 0.3) is 11.1 Å². The van der Waals surface area contributed by atoms with Crippen LogP contribution in [0.5, 0.6) is 5.75 Å². The van der Waals surface area contributed by atoms with Gasteiger partial charge in [-0.25, -0.2) is 0 Å². The van der Waals surface area contributed by atoms with E-state index in [-0.39, 0.29) is 17.5 Å². The third-order valence-corrected chi connectivity index (χ3v) is 8.17. The topological polar surface area (TPSA) is 55.8 Å². The zero-order chi connectivity index (χ0) is 23.3. The van der Waals surface area contributed by atoms with Crippen molar-refractivity contribution >= 4 is 17.7 Å². The second kappa shape index (κ2) is 8.52. The van der Waals surface area contributed by atoms with Gasteiger partial charge in [-0.1, -0.05) is 43.6 Å². The van der Waals surface area contributed by atoms with Crippen molar-refractivity contribution in [1.82, 2.24) is 9.80 Å². The minimum absolute atomic E-state index is 0.00737. The number of halogens is 1. The van der Waals surface area contributed by atoms with E-state index in [9.17, 15) is 9.90 Å². The maximum atomic E-state index is 12.5. The number of fused-ring (bicyclic) bond motifs is 4. The Morgan fingerprint density at radius 3 is 2.58 bits per heavy atom. The van der Waals surface area contributed by atoms with Crippen LogP contribution in [0.2, 0.25) is 5.02 Å². The largest absolute Gasteiger partial charge is 0.530 e. The molecule has 0 radical (unpaired) electrons. The van der Waals surface area contributed by atoms with Crippen LogP contribution in [0.1, 0.15) is 50.8 Å². The summed E-state index contributed by atoms with van der Waals surface area (Å²) in [6, 6.07) is 11.9. The fourth-order valence-electron chi connectivity index (χ4n) is 6.40. The lowest BCUT2D eigenvalue weighted by Crippen LogP contribution is -2.62. The van der Waals surface area contributed by atoms with E-state index in [0.717, 1.165) is 61.3 Å². The Hall–Kier alpha value is -2.24. The minimum atomic E-state index is -1.04. The van der Waals surface area contributed by atoms with Crippen molar-refractivity contribution in [2.45, 2.75) is 52.1 Å². The number of carbonyl (C=O) groups is 1. The summed E-state index contributed by atoms with van der Waals surface area (Å²) in [5.41, 5.74) is 4.08. The molecule has 3 aliphatic heterocycles. The molecule has 1 amide bonds. The fraction of sp³-hybridized carbons (Fsp3) is 0.519. The Morgan fingerprint density at radius 1 is 1.21 bits per heavy atom. The van der Waals surface area contributed by atoms with Gasteiger partial charge in [-0.15, -0.1) is 0 Å². The van der Waals surface area contributed by atoms with Crippen molar-refractivity contribution in [2.75, 3.05) is 26.2 Å². The zero-order valence-electron chi connectivity index (χ0n) is 19.6. The quantitative estimate of drug-likeness (QED) is 0.635. The molecule has 5 nitrogen and oxygen atoms in total. The average molecular weight is 468 g/mol. The average Bonchev–Trinajstić information content (AvgIpc) is 3.04. The molecule has 2 aromatic rings. The van der Waals surface area contributed by atoms with Crippen molar-refractivity contribution in [3.63, 3.8) is 0 Å². The van der Waals surface area contributed by atoms with E-state index in [0.29, 0.717) is 17.5 Å². The van der Waals surface area contributed by atoms with Gasteiger partial charge in [0.05, 0.1) is 17.7 Å². The number of nitrogens with zero attached hydrogens (tertiary/aromatic N) is 2. The van der Waals surface area contributed by atoms with Gasteiger partial charge in [-0.05, 0) is 85.5 Å². The van der Waals surface area contributed by atoms with Gasteiger partial charge in [0.2, 0.25) is 0 Å². The van der Waals surface area contributed by atoms with Crippen LogP contribution in [0.3, 0.4) is 0 Å². The van der Waals surface area contributed by atoms with Crippen LogP contribution in [0.4, 0.5) is 4.79 Å². The van der Waals surface area contributed by atoms with E-state index in [4.69, 9.17) is 16.3 Å². The Labute approximate surface area is 201 Å². The molecule has 2 aromatic carbocycles. The molecular formula is C27H32ClN2O3-. The molecule has 3 fully saturated rings. The summed E-state index contributed by atoms with van der Waals surface area (Å²) >= 11 is 6.59. The van der Waals surface area contributed by atoms with Gasteiger partial charge < -0.3 is 24.4 Å². The molecule has 0 aromatic heterocycles. The second-order valence-corrected chi connectivity index (χ2v) is 10.8. The lowest BCUT2D eigenvalue weighted by molar-refractivity contribution is -0.276. The summed E-state index contributed by atoms with van der Waals surface area (Å²) < 4.78 is 5.57. The number of ether oxygens (including phenoxy) is 1. The van der Waals surface area contributed by atoms with Crippen LogP contribution in [-0.2, 0) is 6.42 Å². The number of hydrogen-bond acceptors (Lipinski definition) is 4. The van der Waals surface area contributed by atoms with Crippen molar-refractivity contribution in [3.05, 3.63) is 52.5 Å². The van der Waals surface area contributed by atoms with Gasteiger partial charge >= 0.3 is 0 Å². The lowest BCUT2D eigenvalue weighted by Gasteiger charge is -2.53. The molecule has 1 aliphatic carbocycles. The number of carboxylic acid groups (broad SMARTS) is 1. The highest BCUT2D eigenvalue weighted by atomic mass is 35.5. The van der Waals surface area contributed by atoms with Crippen LogP contribution in [0, 0.1) is 11.3 Å². The molecule has 4 aliphatic rings. The molecule has 0 N–H and O–H groups in total. The first-order chi connectivity index (χ1) is 15.8. The van der Waals surface area contributed by atoms with Gasteiger partial charge in [0.25, 0.3) is 0 Å². The van der Waals surface area contributed by atoms with Crippen molar-refractivity contribution in [1.29, 1.82) is 0 Å². The number of amides is 1. The highest BCUT2D eigenvalue weighted by Crippen LogP contribution is 2.51. The normalized spacial score (nSPS) is 27.3. The highest BCUT2D eigenvalue weighted by Gasteiger charge is 2.48. The monoisotopic (exact) mass is 467 g/mol. The summed E-state index contributed by atoms with van der Waals surface area (Å²) in [6.45, 7) is 9.89.